The number of nitrogens with zero attached hydrogens (tertiary/aromatic N) is 1. The molecule has 2 aromatic carbocycles. The van der Waals surface area contributed by atoms with E-state index in [-0.39, 0.29) is 5.69 Å². The number of pyridine rings is 1. The first-order chi connectivity index (χ1) is 14.5. The Morgan fingerprint density at radius 2 is 1.63 bits per heavy atom. The van der Waals surface area contributed by atoms with Crippen molar-refractivity contribution in [2.75, 3.05) is 24.9 Å². The molecule has 0 aliphatic heterocycles. The molecule has 0 radical (unpaired) electrons. The molecule has 0 fully saturated rings. The molecular weight excluding hydrogens is 412 g/mol. The number of anilines is 2. The highest BCUT2D eigenvalue weighted by atomic mass is 32.2. The van der Waals surface area contributed by atoms with Gasteiger partial charge in [-0.25, -0.2) is 13.6 Å². The van der Waals surface area contributed by atoms with Crippen LogP contribution in [0.1, 0.15) is 5.69 Å². The molecule has 30 heavy (non-hydrogen) atoms. The molecule has 0 unspecified atom stereocenters. The van der Waals surface area contributed by atoms with Crippen molar-refractivity contribution in [2.45, 2.75) is 10.6 Å². The fraction of sp³-hybridized carbons (Fsp3) is 0.143. The first-order valence-corrected chi connectivity index (χ1v) is 9.80. The summed E-state index contributed by atoms with van der Waals surface area (Å²) in [5.41, 5.74) is 1.31. The molecule has 0 bridgehead atoms. The van der Waals surface area contributed by atoms with Gasteiger partial charge in [0.15, 0.2) is 11.5 Å². The number of hydrogen-bond acceptors (Lipinski definition) is 5. The van der Waals surface area contributed by atoms with E-state index < -0.39 is 17.7 Å². The van der Waals surface area contributed by atoms with Crippen LogP contribution in [-0.4, -0.2) is 25.2 Å². The molecule has 1 heterocycles. The largest absolute Gasteiger partial charge is 0.493 e. The van der Waals surface area contributed by atoms with E-state index in [0.717, 1.165) is 28.8 Å². The van der Waals surface area contributed by atoms with Gasteiger partial charge in [0.2, 0.25) is 0 Å². The first-order valence-electron chi connectivity index (χ1n) is 8.81. The topological polar surface area (TPSA) is 72.5 Å². The number of nitrogens with one attached hydrogen (secondary N) is 2. The molecule has 2 N–H and O–H groups in total. The summed E-state index contributed by atoms with van der Waals surface area (Å²) in [6.45, 7) is 0. The molecule has 0 atom stereocenters. The maximum atomic E-state index is 13.2. The number of methoxy groups -OCH3 is 2. The van der Waals surface area contributed by atoms with Crippen molar-refractivity contribution in [1.29, 1.82) is 0 Å². The number of carbonyl (C=O) groups excluding carboxylic acids is 1. The van der Waals surface area contributed by atoms with Crippen molar-refractivity contribution in [3.05, 3.63) is 72.1 Å². The summed E-state index contributed by atoms with van der Waals surface area (Å²) in [5.74, 6) is 0.240. The van der Waals surface area contributed by atoms with Crippen molar-refractivity contribution in [3.63, 3.8) is 0 Å². The molecule has 2 amide bonds. The molecule has 0 aliphatic carbocycles. The number of urea groups is 1. The minimum atomic E-state index is -0.770. The number of aromatic nitrogens is 1. The van der Waals surface area contributed by atoms with Crippen LogP contribution in [0.25, 0.3) is 0 Å². The fourth-order valence-electron chi connectivity index (χ4n) is 2.66. The molecule has 3 rings (SSSR count). The third-order valence-electron chi connectivity index (χ3n) is 3.97. The zero-order valence-electron chi connectivity index (χ0n) is 16.2. The molecule has 0 aliphatic rings. The second-order valence-electron chi connectivity index (χ2n) is 6.04. The number of ether oxygens (including phenoxy) is 2. The Hall–Kier alpha value is -3.33. The zero-order valence-corrected chi connectivity index (χ0v) is 17.1. The molecule has 0 saturated carbocycles. The summed E-state index contributed by atoms with van der Waals surface area (Å²) in [6.07, 6.45) is 1.66. The van der Waals surface area contributed by atoms with Crippen molar-refractivity contribution in [2.24, 2.45) is 0 Å². The summed E-state index contributed by atoms with van der Waals surface area (Å²) in [7, 11) is 3.14. The van der Waals surface area contributed by atoms with E-state index in [1.54, 1.807) is 50.4 Å². The Bertz CT molecular complexity index is 1010. The predicted molar refractivity (Wildman–Crippen MR) is 112 cm³/mol. The highest BCUT2D eigenvalue weighted by Crippen LogP contribution is 2.33. The van der Waals surface area contributed by atoms with Crippen LogP contribution in [0.4, 0.5) is 25.0 Å². The van der Waals surface area contributed by atoms with E-state index in [1.807, 2.05) is 12.1 Å². The summed E-state index contributed by atoms with van der Waals surface area (Å²) in [5, 5.41) is 5.00. The lowest BCUT2D eigenvalue weighted by Gasteiger charge is -2.11. The number of amides is 2. The fourth-order valence-corrected chi connectivity index (χ4v) is 3.50. The van der Waals surface area contributed by atoms with Crippen molar-refractivity contribution in [1.82, 2.24) is 4.98 Å². The van der Waals surface area contributed by atoms with Crippen LogP contribution in [-0.2, 0) is 5.75 Å². The average Bonchev–Trinajstić information content (AvgIpc) is 2.72. The van der Waals surface area contributed by atoms with Gasteiger partial charge in [-0.05, 0) is 36.4 Å². The van der Waals surface area contributed by atoms with E-state index in [2.05, 4.69) is 15.6 Å². The lowest BCUT2D eigenvalue weighted by molar-refractivity contribution is 0.262. The Labute approximate surface area is 176 Å². The van der Waals surface area contributed by atoms with Crippen LogP contribution in [0.15, 0.2) is 59.6 Å². The predicted octanol–water partition coefficient (Wildman–Crippen LogP) is 5.31. The Balaban J connectivity index is 1.58. The average molecular weight is 431 g/mol. The highest BCUT2D eigenvalue weighted by molar-refractivity contribution is 7.98. The van der Waals surface area contributed by atoms with E-state index in [4.69, 9.17) is 9.47 Å². The lowest BCUT2D eigenvalue weighted by Crippen LogP contribution is -2.19. The Morgan fingerprint density at radius 1 is 0.967 bits per heavy atom. The SMILES string of the molecule is COc1ccnc(CSc2ccc(NC(=O)Nc3cc(F)cc(F)c3)cc2)c1OC. The summed E-state index contributed by atoms with van der Waals surface area (Å²) < 4.78 is 37.1. The molecule has 9 heteroatoms. The number of benzene rings is 2. The highest BCUT2D eigenvalue weighted by Gasteiger charge is 2.11. The van der Waals surface area contributed by atoms with Gasteiger partial charge in [-0.2, -0.15) is 0 Å². The van der Waals surface area contributed by atoms with Crippen LogP contribution in [0, 0.1) is 11.6 Å². The number of thioether (sulfide) groups is 1. The van der Waals surface area contributed by atoms with Gasteiger partial charge < -0.3 is 20.1 Å². The van der Waals surface area contributed by atoms with Gasteiger partial charge >= 0.3 is 6.03 Å². The Morgan fingerprint density at radius 3 is 2.27 bits per heavy atom. The van der Waals surface area contributed by atoms with E-state index in [0.29, 0.717) is 22.9 Å². The number of halogens is 2. The quantitative estimate of drug-likeness (QED) is 0.496. The Kier molecular flexibility index (Phi) is 7.08. The lowest BCUT2D eigenvalue weighted by atomic mass is 10.3. The summed E-state index contributed by atoms with van der Waals surface area (Å²) in [6, 6.07) is 11.1. The van der Waals surface area contributed by atoms with E-state index in [1.165, 1.54) is 0 Å². The number of hydrogen-bond donors (Lipinski definition) is 2. The van der Waals surface area contributed by atoms with Gasteiger partial charge in [0, 0.05) is 40.4 Å². The second-order valence-corrected chi connectivity index (χ2v) is 7.09. The van der Waals surface area contributed by atoms with Gasteiger partial charge in [-0.3, -0.25) is 4.98 Å². The van der Waals surface area contributed by atoms with Crippen LogP contribution < -0.4 is 20.1 Å². The summed E-state index contributed by atoms with van der Waals surface area (Å²) >= 11 is 1.55. The summed E-state index contributed by atoms with van der Waals surface area (Å²) in [4.78, 5) is 17.3. The molecule has 6 nitrogen and oxygen atoms in total. The van der Waals surface area contributed by atoms with Crippen molar-refractivity contribution < 1.29 is 23.0 Å². The second kappa shape index (κ2) is 9.93. The van der Waals surface area contributed by atoms with Crippen LogP contribution in [0.5, 0.6) is 11.5 Å². The van der Waals surface area contributed by atoms with Gasteiger partial charge in [0.05, 0.1) is 19.9 Å². The number of carbonyl (C=O) groups is 1. The molecule has 0 saturated heterocycles. The minimum absolute atomic E-state index is 0.0249. The maximum absolute atomic E-state index is 13.2. The van der Waals surface area contributed by atoms with Crippen LogP contribution in [0.2, 0.25) is 0 Å². The normalized spacial score (nSPS) is 10.4. The monoisotopic (exact) mass is 431 g/mol. The maximum Gasteiger partial charge on any atom is 0.323 e. The first kappa shape index (κ1) is 21.4. The van der Waals surface area contributed by atoms with E-state index >= 15 is 0 Å². The van der Waals surface area contributed by atoms with Gasteiger partial charge in [0.1, 0.15) is 11.6 Å². The third-order valence-corrected chi connectivity index (χ3v) is 5.00. The molecule has 0 spiro atoms. The molecular formula is C21H19F2N3O3S. The van der Waals surface area contributed by atoms with Crippen molar-refractivity contribution in [3.8, 4) is 11.5 Å². The molecule has 3 aromatic rings. The minimum Gasteiger partial charge on any atom is -0.493 e. The van der Waals surface area contributed by atoms with Gasteiger partial charge in [0.25, 0.3) is 0 Å². The zero-order chi connectivity index (χ0) is 21.5. The van der Waals surface area contributed by atoms with E-state index in [9.17, 15) is 13.6 Å². The standard InChI is InChI=1S/C21H19F2N3O3S/c1-28-19-7-8-24-18(20(19)29-2)12-30-17-5-3-15(4-6-17)25-21(27)26-16-10-13(22)9-14(23)11-16/h3-11H,12H2,1-2H3,(H2,25,26,27). The molecule has 1 aromatic heterocycles. The number of rotatable bonds is 7. The van der Waals surface area contributed by atoms with Crippen LogP contribution in [0.3, 0.4) is 0 Å². The van der Waals surface area contributed by atoms with Crippen LogP contribution >= 0.6 is 11.8 Å². The smallest absolute Gasteiger partial charge is 0.323 e. The third kappa shape index (κ3) is 5.60. The molecule has 156 valence electrons. The van der Waals surface area contributed by atoms with Gasteiger partial charge in [-0.15, -0.1) is 11.8 Å². The van der Waals surface area contributed by atoms with Crippen molar-refractivity contribution >= 4 is 29.2 Å². The van der Waals surface area contributed by atoms with Gasteiger partial charge in [-0.1, -0.05) is 0 Å².